The fourth-order valence-corrected chi connectivity index (χ4v) is 2.99. The average molecular weight is 367 g/mol. The van der Waals surface area contributed by atoms with Crippen molar-refractivity contribution in [3.8, 4) is 5.69 Å². The second kappa shape index (κ2) is 7.10. The summed E-state index contributed by atoms with van der Waals surface area (Å²) < 4.78 is 14.9. The molecule has 138 valence electrons. The SMILES string of the molecule is Cc1cc(-n2cc(C(=O)N3CCN(c4ncccn4)CC3)nn2)ccc1F. The van der Waals surface area contributed by atoms with Crippen LogP contribution < -0.4 is 4.90 Å². The predicted octanol–water partition coefficient (Wildman–Crippen LogP) is 1.47. The van der Waals surface area contributed by atoms with E-state index in [0.717, 1.165) is 0 Å². The molecule has 3 heterocycles. The number of aromatic nitrogens is 5. The summed E-state index contributed by atoms with van der Waals surface area (Å²) in [6.45, 7) is 4.10. The summed E-state index contributed by atoms with van der Waals surface area (Å²) in [6.07, 6.45) is 4.98. The molecule has 8 nitrogen and oxygen atoms in total. The Morgan fingerprint density at radius 3 is 2.56 bits per heavy atom. The van der Waals surface area contributed by atoms with Crippen LogP contribution in [0.1, 0.15) is 16.1 Å². The fraction of sp³-hybridized carbons (Fsp3) is 0.278. The van der Waals surface area contributed by atoms with Gasteiger partial charge in [0.2, 0.25) is 5.95 Å². The Hall–Kier alpha value is -3.36. The predicted molar refractivity (Wildman–Crippen MR) is 96.2 cm³/mol. The maximum absolute atomic E-state index is 13.4. The Kier molecular flexibility index (Phi) is 4.49. The number of halogens is 1. The molecule has 0 radical (unpaired) electrons. The third-order valence-corrected chi connectivity index (χ3v) is 4.52. The lowest BCUT2D eigenvalue weighted by Crippen LogP contribution is -2.49. The van der Waals surface area contributed by atoms with Crippen LogP contribution in [0.2, 0.25) is 0 Å². The van der Waals surface area contributed by atoms with E-state index in [9.17, 15) is 9.18 Å². The van der Waals surface area contributed by atoms with Crippen molar-refractivity contribution in [3.63, 3.8) is 0 Å². The van der Waals surface area contributed by atoms with Crippen molar-refractivity contribution in [2.24, 2.45) is 0 Å². The van der Waals surface area contributed by atoms with Gasteiger partial charge in [-0.05, 0) is 36.8 Å². The van der Waals surface area contributed by atoms with Gasteiger partial charge < -0.3 is 9.80 Å². The first-order chi connectivity index (χ1) is 13.1. The monoisotopic (exact) mass is 367 g/mol. The second-order valence-corrected chi connectivity index (χ2v) is 6.31. The quantitative estimate of drug-likeness (QED) is 0.697. The molecule has 0 aliphatic carbocycles. The lowest BCUT2D eigenvalue weighted by Gasteiger charge is -2.34. The van der Waals surface area contributed by atoms with Gasteiger partial charge in [-0.2, -0.15) is 0 Å². The Bertz CT molecular complexity index is 951. The van der Waals surface area contributed by atoms with E-state index in [1.807, 2.05) is 4.90 Å². The summed E-state index contributed by atoms with van der Waals surface area (Å²) in [5.74, 6) is 0.214. The van der Waals surface area contributed by atoms with Gasteiger partial charge >= 0.3 is 0 Å². The third kappa shape index (κ3) is 3.48. The maximum atomic E-state index is 13.4. The fourth-order valence-electron chi connectivity index (χ4n) is 2.99. The summed E-state index contributed by atoms with van der Waals surface area (Å²) in [6, 6.07) is 6.41. The van der Waals surface area contributed by atoms with Gasteiger partial charge in [0, 0.05) is 38.6 Å². The third-order valence-electron chi connectivity index (χ3n) is 4.52. The molecule has 0 N–H and O–H groups in total. The number of piperazine rings is 1. The molecule has 0 bridgehead atoms. The number of hydrogen-bond acceptors (Lipinski definition) is 6. The summed E-state index contributed by atoms with van der Waals surface area (Å²) in [7, 11) is 0. The number of rotatable bonds is 3. The highest BCUT2D eigenvalue weighted by molar-refractivity contribution is 5.92. The van der Waals surface area contributed by atoms with Crippen molar-refractivity contribution < 1.29 is 9.18 Å². The van der Waals surface area contributed by atoms with E-state index in [1.54, 1.807) is 48.6 Å². The van der Waals surface area contributed by atoms with E-state index in [0.29, 0.717) is 43.4 Å². The Labute approximate surface area is 155 Å². The molecule has 0 saturated carbocycles. The highest BCUT2D eigenvalue weighted by atomic mass is 19.1. The second-order valence-electron chi connectivity index (χ2n) is 6.31. The lowest BCUT2D eigenvalue weighted by atomic mass is 10.2. The van der Waals surface area contributed by atoms with Crippen molar-refractivity contribution in [3.05, 3.63) is 59.9 Å². The molecule has 0 atom stereocenters. The average Bonchev–Trinajstić information content (AvgIpc) is 3.20. The summed E-state index contributed by atoms with van der Waals surface area (Å²) in [4.78, 5) is 25.0. The maximum Gasteiger partial charge on any atom is 0.276 e. The standard InChI is InChI=1S/C18H18FN7O/c1-13-11-14(3-4-15(13)19)26-12-16(22-23-26)17(27)24-7-9-25(10-8-24)18-20-5-2-6-21-18/h2-6,11-12H,7-10H2,1H3. The molecular formula is C18H18FN7O. The molecular weight excluding hydrogens is 349 g/mol. The minimum Gasteiger partial charge on any atom is -0.337 e. The van der Waals surface area contributed by atoms with Gasteiger partial charge in [0.1, 0.15) is 5.82 Å². The van der Waals surface area contributed by atoms with Gasteiger partial charge in [-0.25, -0.2) is 19.0 Å². The van der Waals surface area contributed by atoms with Crippen LogP contribution in [0.4, 0.5) is 10.3 Å². The highest BCUT2D eigenvalue weighted by Crippen LogP contribution is 2.15. The first-order valence-electron chi connectivity index (χ1n) is 8.62. The summed E-state index contributed by atoms with van der Waals surface area (Å²) in [5.41, 5.74) is 1.43. The molecule has 9 heteroatoms. The number of benzene rings is 1. The van der Waals surface area contributed by atoms with E-state index in [2.05, 4.69) is 20.3 Å². The number of carbonyl (C=O) groups is 1. The normalized spacial score (nSPS) is 14.4. The van der Waals surface area contributed by atoms with Crippen molar-refractivity contribution >= 4 is 11.9 Å². The highest BCUT2D eigenvalue weighted by Gasteiger charge is 2.25. The van der Waals surface area contributed by atoms with E-state index >= 15 is 0 Å². The Morgan fingerprint density at radius 2 is 1.85 bits per heavy atom. The topological polar surface area (TPSA) is 80.0 Å². The van der Waals surface area contributed by atoms with Crippen LogP contribution in [0.15, 0.2) is 42.9 Å². The van der Waals surface area contributed by atoms with Crippen LogP contribution >= 0.6 is 0 Å². The number of amides is 1. The molecule has 27 heavy (non-hydrogen) atoms. The Balaban J connectivity index is 1.43. The van der Waals surface area contributed by atoms with Crippen LogP contribution in [-0.2, 0) is 0 Å². The van der Waals surface area contributed by atoms with E-state index in [4.69, 9.17) is 0 Å². The number of anilines is 1. The van der Waals surface area contributed by atoms with Crippen LogP contribution in [0.3, 0.4) is 0 Å². The van der Waals surface area contributed by atoms with Crippen LogP contribution in [0, 0.1) is 12.7 Å². The van der Waals surface area contributed by atoms with Gasteiger partial charge in [0.05, 0.1) is 11.9 Å². The minimum atomic E-state index is -0.282. The molecule has 1 fully saturated rings. The zero-order valence-electron chi connectivity index (χ0n) is 14.8. The van der Waals surface area contributed by atoms with Gasteiger partial charge in [0.15, 0.2) is 5.69 Å². The smallest absolute Gasteiger partial charge is 0.276 e. The van der Waals surface area contributed by atoms with E-state index in [1.165, 1.54) is 10.7 Å². The lowest BCUT2D eigenvalue weighted by molar-refractivity contribution is 0.0740. The van der Waals surface area contributed by atoms with Crippen molar-refractivity contribution in [2.75, 3.05) is 31.1 Å². The van der Waals surface area contributed by atoms with Crippen LogP contribution in [0.5, 0.6) is 0 Å². The van der Waals surface area contributed by atoms with E-state index in [-0.39, 0.29) is 17.4 Å². The number of aryl methyl sites for hydroxylation is 1. The van der Waals surface area contributed by atoms with Crippen LogP contribution in [0.25, 0.3) is 5.69 Å². The molecule has 3 aromatic rings. The zero-order valence-corrected chi connectivity index (χ0v) is 14.8. The zero-order chi connectivity index (χ0) is 18.8. The van der Waals surface area contributed by atoms with Crippen molar-refractivity contribution in [1.29, 1.82) is 0 Å². The van der Waals surface area contributed by atoms with Gasteiger partial charge in [-0.3, -0.25) is 4.79 Å². The van der Waals surface area contributed by atoms with Crippen molar-refractivity contribution in [2.45, 2.75) is 6.92 Å². The molecule has 4 rings (SSSR count). The summed E-state index contributed by atoms with van der Waals surface area (Å²) >= 11 is 0. The molecule has 2 aromatic heterocycles. The number of hydrogen-bond donors (Lipinski definition) is 0. The number of nitrogens with zero attached hydrogens (tertiary/aromatic N) is 7. The molecule has 1 amide bonds. The Morgan fingerprint density at radius 1 is 1.11 bits per heavy atom. The van der Waals surface area contributed by atoms with E-state index < -0.39 is 0 Å². The first-order valence-corrected chi connectivity index (χ1v) is 8.62. The van der Waals surface area contributed by atoms with Gasteiger partial charge in [0.25, 0.3) is 5.91 Å². The molecule has 0 unspecified atom stereocenters. The summed E-state index contributed by atoms with van der Waals surface area (Å²) in [5, 5.41) is 7.99. The van der Waals surface area contributed by atoms with Crippen molar-refractivity contribution in [1.82, 2.24) is 29.9 Å². The first kappa shape index (κ1) is 17.1. The molecule has 1 saturated heterocycles. The largest absolute Gasteiger partial charge is 0.337 e. The molecule has 1 aromatic carbocycles. The number of carbonyl (C=O) groups excluding carboxylic acids is 1. The van der Waals surface area contributed by atoms with Gasteiger partial charge in [-0.1, -0.05) is 5.21 Å². The minimum absolute atomic E-state index is 0.172. The molecule has 1 aliphatic heterocycles. The van der Waals surface area contributed by atoms with Gasteiger partial charge in [-0.15, -0.1) is 5.10 Å². The molecule has 1 aliphatic rings. The van der Waals surface area contributed by atoms with Crippen LogP contribution in [-0.4, -0.2) is 61.9 Å². The molecule has 0 spiro atoms.